The maximum absolute atomic E-state index is 12.6. The predicted molar refractivity (Wildman–Crippen MR) is 91.8 cm³/mol. The molecule has 1 aliphatic rings. The number of alkyl halides is 2. The standard InChI is InChI=1S/C18H22F2N4O/c1-12-5-3-6-14(13(12)2)15-7-4-9-24(15)18(25)21-17-8-10-23(22-17)11-16(19)20/h3,5-6,8,10,15-16H,4,7,9,11H2,1-2H3,(H,21,22,25). The lowest BCUT2D eigenvalue weighted by Gasteiger charge is -2.26. The number of aryl methyl sites for hydroxylation is 1. The molecular weight excluding hydrogens is 326 g/mol. The number of anilines is 1. The highest BCUT2D eigenvalue weighted by molar-refractivity contribution is 5.88. The van der Waals surface area contributed by atoms with E-state index in [1.807, 2.05) is 6.07 Å². The van der Waals surface area contributed by atoms with Gasteiger partial charge in [0.2, 0.25) is 0 Å². The van der Waals surface area contributed by atoms with Crippen LogP contribution < -0.4 is 5.32 Å². The third kappa shape index (κ3) is 3.81. The van der Waals surface area contributed by atoms with Crippen molar-refractivity contribution in [1.82, 2.24) is 14.7 Å². The fraction of sp³-hybridized carbons (Fsp3) is 0.444. The summed E-state index contributed by atoms with van der Waals surface area (Å²) in [5, 5.41) is 6.69. The summed E-state index contributed by atoms with van der Waals surface area (Å²) in [6.07, 6.45) is 0.812. The summed E-state index contributed by atoms with van der Waals surface area (Å²) in [7, 11) is 0. The summed E-state index contributed by atoms with van der Waals surface area (Å²) in [4.78, 5) is 14.4. The molecule has 0 spiro atoms. The number of nitrogens with one attached hydrogen (secondary N) is 1. The van der Waals surface area contributed by atoms with Gasteiger partial charge in [0.15, 0.2) is 5.82 Å². The molecule has 1 atom stereocenters. The fourth-order valence-corrected chi connectivity index (χ4v) is 3.32. The smallest absolute Gasteiger partial charge is 0.317 e. The minimum Gasteiger partial charge on any atom is -0.317 e. The van der Waals surface area contributed by atoms with E-state index >= 15 is 0 Å². The van der Waals surface area contributed by atoms with Crippen LogP contribution in [0.25, 0.3) is 0 Å². The molecule has 0 saturated carbocycles. The molecule has 1 N–H and O–H groups in total. The highest BCUT2D eigenvalue weighted by Gasteiger charge is 2.31. The molecule has 25 heavy (non-hydrogen) atoms. The number of urea groups is 1. The maximum Gasteiger partial charge on any atom is 0.323 e. The minimum atomic E-state index is -2.48. The average Bonchev–Trinajstić information content (AvgIpc) is 3.19. The molecule has 2 heterocycles. The molecular formula is C18H22F2N4O. The number of carbonyl (C=O) groups excluding carboxylic acids is 1. The topological polar surface area (TPSA) is 50.2 Å². The Morgan fingerprint density at radius 3 is 2.92 bits per heavy atom. The largest absolute Gasteiger partial charge is 0.323 e. The average molecular weight is 348 g/mol. The van der Waals surface area contributed by atoms with E-state index < -0.39 is 13.0 Å². The lowest BCUT2D eigenvalue weighted by atomic mass is 9.96. The highest BCUT2D eigenvalue weighted by atomic mass is 19.3. The van der Waals surface area contributed by atoms with Crippen molar-refractivity contribution < 1.29 is 13.6 Å². The highest BCUT2D eigenvalue weighted by Crippen LogP contribution is 2.34. The molecule has 3 rings (SSSR count). The van der Waals surface area contributed by atoms with Crippen LogP contribution in [0.5, 0.6) is 0 Å². The molecule has 0 aliphatic carbocycles. The fourth-order valence-electron chi connectivity index (χ4n) is 3.32. The Kier molecular flexibility index (Phi) is 5.01. The van der Waals surface area contributed by atoms with E-state index in [1.165, 1.54) is 23.4 Å². The van der Waals surface area contributed by atoms with E-state index in [4.69, 9.17) is 0 Å². The molecule has 2 amide bonds. The second-order valence-corrected chi connectivity index (χ2v) is 6.38. The summed E-state index contributed by atoms with van der Waals surface area (Å²) in [5.41, 5.74) is 3.57. The van der Waals surface area contributed by atoms with Crippen molar-refractivity contribution in [2.24, 2.45) is 0 Å². The van der Waals surface area contributed by atoms with Gasteiger partial charge in [0.25, 0.3) is 6.43 Å². The molecule has 1 aromatic carbocycles. The van der Waals surface area contributed by atoms with Gasteiger partial charge < -0.3 is 4.90 Å². The van der Waals surface area contributed by atoms with Crippen molar-refractivity contribution in [1.29, 1.82) is 0 Å². The normalized spacial score (nSPS) is 17.3. The van der Waals surface area contributed by atoms with Gasteiger partial charge in [-0.25, -0.2) is 13.6 Å². The first-order chi connectivity index (χ1) is 12.0. The summed E-state index contributed by atoms with van der Waals surface area (Å²) < 4.78 is 25.9. The molecule has 2 aromatic rings. The molecule has 1 fully saturated rings. The van der Waals surface area contributed by atoms with Gasteiger partial charge in [-0.3, -0.25) is 10.00 Å². The molecule has 1 aliphatic heterocycles. The van der Waals surface area contributed by atoms with Crippen LogP contribution >= 0.6 is 0 Å². The Labute approximate surface area is 145 Å². The number of likely N-dealkylation sites (tertiary alicyclic amines) is 1. The number of hydrogen-bond donors (Lipinski definition) is 1. The number of benzene rings is 1. The number of rotatable bonds is 4. The lowest BCUT2D eigenvalue weighted by Crippen LogP contribution is -2.35. The van der Waals surface area contributed by atoms with Gasteiger partial charge in [-0.1, -0.05) is 18.2 Å². The number of carbonyl (C=O) groups is 1. The molecule has 7 heteroatoms. The van der Waals surface area contributed by atoms with Gasteiger partial charge in [0, 0.05) is 18.8 Å². The Hall–Kier alpha value is -2.44. The SMILES string of the molecule is Cc1cccc(C2CCCN2C(=O)Nc2ccn(CC(F)F)n2)c1C. The first-order valence-corrected chi connectivity index (χ1v) is 8.41. The van der Waals surface area contributed by atoms with E-state index in [0.29, 0.717) is 6.54 Å². The first kappa shape index (κ1) is 17.4. The third-order valence-electron chi connectivity index (χ3n) is 4.72. The van der Waals surface area contributed by atoms with Crippen molar-refractivity contribution in [3.8, 4) is 0 Å². The van der Waals surface area contributed by atoms with Crippen LogP contribution in [0, 0.1) is 13.8 Å². The summed E-state index contributed by atoms with van der Waals surface area (Å²) in [5.74, 6) is 0.289. The molecule has 1 saturated heterocycles. The Morgan fingerprint density at radius 1 is 1.36 bits per heavy atom. The van der Waals surface area contributed by atoms with E-state index in [2.05, 4.69) is 36.4 Å². The zero-order chi connectivity index (χ0) is 18.0. The summed E-state index contributed by atoms with van der Waals surface area (Å²) in [6, 6.07) is 7.46. The summed E-state index contributed by atoms with van der Waals surface area (Å²) >= 11 is 0. The van der Waals surface area contributed by atoms with E-state index in [9.17, 15) is 13.6 Å². The van der Waals surface area contributed by atoms with Crippen molar-refractivity contribution >= 4 is 11.8 Å². The molecule has 5 nitrogen and oxygen atoms in total. The van der Waals surface area contributed by atoms with Gasteiger partial charge in [0.1, 0.15) is 6.54 Å². The van der Waals surface area contributed by atoms with E-state index in [-0.39, 0.29) is 17.9 Å². The number of aromatic nitrogens is 2. The van der Waals surface area contributed by atoms with Crippen molar-refractivity contribution in [2.75, 3.05) is 11.9 Å². The van der Waals surface area contributed by atoms with Gasteiger partial charge in [0.05, 0.1) is 6.04 Å². The molecule has 1 unspecified atom stereocenters. The van der Waals surface area contributed by atoms with Crippen LogP contribution in [0.2, 0.25) is 0 Å². The number of nitrogens with zero attached hydrogens (tertiary/aromatic N) is 3. The monoisotopic (exact) mass is 348 g/mol. The van der Waals surface area contributed by atoms with Crippen molar-refractivity contribution in [3.63, 3.8) is 0 Å². The van der Waals surface area contributed by atoms with Crippen molar-refractivity contribution in [3.05, 3.63) is 47.2 Å². The Balaban J connectivity index is 1.72. The van der Waals surface area contributed by atoms with Gasteiger partial charge in [-0.2, -0.15) is 5.10 Å². The maximum atomic E-state index is 12.6. The third-order valence-corrected chi connectivity index (χ3v) is 4.72. The van der Waals surface area contributed by atoms with Crippen LogP contribution in [0.4, 0.5) is 19.4 Å². The van der Waals surface area contributed by atoms with Crippen LogP contribution in [0.3, 0.4) is 0 Å². The zero-order valence-electron chi connectivity index (χ0n) is 14.4. The molecule has 134 valence electrons. The lowest BCUT2D eigenvalue weighted by molar-refractivity contribution is 0.122. The number of halogens is 2. The van der Waals surface area contributed by atoms with Crippen LogP contribution in [0.1, 0.15) is 35.6 Å². The minimum absolute atomic E-state index is 0.0306. The summed E-state index contributed by atoms with van der Waals surface area (Å²) in [6.45, 7) is 4.32. The number of amides is 2. The van der Waals surface area contributed by atoms with Gasteiger partial charge in [-0.05, 0) is 43.4 Å². The van der Waals surface area contributed by atoms with E-state index in [1.54, 1.807) is 4.90 Å². The van der Waals surface area contributed by atoms with Crippen LogP contribution in [-0.2, 0) is 6.54 Å². The van der Waals surface area contributed by atoms with Gasteiger partial charge in [-0.15, -0.1) is 0 Å². The molecule has 1 aromatic heterocycles. The van der Waals surface area contributed by atoms with Crippen LogP contribution in [0.15, 0.2) is 30.5 Å². The Bertz CT molecular complexity index is 759. The van der Waals surface area contributed by atoms with E-state index in [0.717, 1.165) is 23.1 Å². The zero-order valence-corrected chi connectivity index (χ0v) is 14.4. The van der Waals surface area contributed by atoms with Crippen molar-refractivity contribution in [2.45, 2.75) is 45.7 Å². The number of hydrogen-bond acceptors (Lipinski definition) is 2. The quantitative estimate of drug-likeness (QED) is 0.903. The predicted octanol–water partition coefficient (Wildman–Crippen LogP) is 4.13. The second-order valence-electron chi connectivity index (χ2n) is 6.38. The molecule has 0 bridgehead atoms. The van der Waals surface area contributed by atoms with Crippen LogP contribution in [-0.4, -0.2) is 33.7 Å². The molecule has 0 radical (unpaired) electrons. The second kappa shape index (κ2) is 7.21. The first-order valence-electron chi connectivity index (χ1n) is 8.41. The van der Waals surface area contributed by atoms with Gasteiger partial charge >= 0.3 is 6.03 Å². The Morgan fingerprint density at radius 2 is 2.16 bits per heavy atom.